The van der Waals surface area contributed by atoms with Crippen molar-refractivity contribution in [2.75, 3.05) is 25.7 Å². The number of ether oxygens (including phenoxy) is 2. The molecule has 13 heteroatoms. The number of alkyl halides is 1. The van der Waals surface area contributed by atoms with Crippen LogP contribution in [0.5, 0.6) is 6.01 Å². The molecule has 0 aromatic carbocycles. The van der Waals surface area contributed by atoms with Gasteiger partial charge in [0.15, 0.2) is 0 Å². The fourth-order valence-electron chi connectivity index (χ4n) is 1.80. The third-order valence-corrected chi connectivity index (χ3v) is 5.69. The Hall–Kier alpha value is -2.38. The summed E-state index contributed by atoms with van der Waals surface area (Å²) < 4.78 is 48.4. The molecule has 26 heavy (non-hydrogen) atoms. The standard InChI is InChI=1S/C13H16FN5O5S2/c1-8-15-11(18-13(16-8)23-2)17-12(20)19-26(21,22)10-9(3-6-25-10)7-24-5-4-14/h3,6H,4-5,7H2,1-2H3,(H2,15,16,17,18,19,20). The number of anilines is 1. The van der Waals surface area contributed by atoms with Crippen LogP contribution in [0.4, 0.5) is 15.1 Å². The Kier molecular flexibility index (Phi) is 6.76. The molecule has 0 aliphatic heterocycles. The highest BCUT2D eigenvalue weighted by Crippen LogP contribution is 2.23. The van der Waals surface area contributed by atoms with Crippen molar-refractivity contribution in [1.29, 1.82) is 0 Å². The molecule has 142 valence electrons. The Morgan fingerprint density at radius 3 is 2.81 bits per heavy atom. The molecule has 2 heterocycles. The molecule has 0 unspecified atom stereocenters. The zero-order valence-corrected chi connectivity index (χ0v) is 15.5. The second-order valence-corrected chi connectivity index (χ2v) is 7.52. The van der Waals surface area contributed by atoms with Crippen LogP contribution in [0.3, 0.4) is 0 Å². The fraction of sp³-hybridized carbons (Fsp3) is 0.385. The third-order valence-electron chi connectivity index (χ3n) is 2.79. The molecule has 2 aromatic rings. The van der Waals surface area contributed by atoms with Crippen LogP contribution in [0.1, 0.15) is 11.4 Å². The Morgan fingerprint density at radius 1 is 1.35 bits per heavy atom. The van der Waals surface area contributed by atoms with E-state index in [1.807, 2.05) is 4.72 Å². The summed E-state index contributed by atoms with van der Waals surface area (Å²) in [5, 5.41) is 3.73. The molecule has 0 bridgehead atoms. The number of amides is 2. The molecule has 10 nitrogen and oxygen atoms in total. The summed E-state index contributed by atoms with van der Waals surface area (Å²) in [5.74, 6) is 0.111. The highest BCUT2D eigenvalue weighted by atomic mass is 32.2. The van der Waals surface area contributed by atoms with Gasteiger partial charge in [-0.15, -0.1) is 11.3 Å². The number of thiophene rings is 1. The first-order valence-corrected chi connectivity index (χ1v) is 9.52. The lowest BCUT2D eigenvalue weighted by Gasteiger charge is -2.09. The first-order valence-electron chi connectivity index (χ1n) is 7.16. The summed E-state index contributed by atoms with van der Waals surface area (Å²) in [6, 6.07) is 0.443. The molecule has 0 saturated carbocycles. The predicted molar refractivity (Wildman–Crippen MR) is 90.4 cm³/mol. The molecule has 0 aliphatic carbocycles. The van der Waals surface area contributed by atoms with Crippen LogP contribution < -0.4 is 14.8 Å². The van der Waals surface area contributed by atoms with Crippen LogP contribution in [0, 0.1) is 6.92 Å². The van der Waals surface area contributed by atoms with Crippen molar-refractivity contribution in [1.82, 2.24) is 19.7 Å². The van der Waals surface area contributed by atoms with E-state index in [1.165, 1.54) is 18.6 Å². The molecule has 2 rings (SSSR count). The number of rotatable bonds is 8. The van der Waals surface area contributed by atoms with Gasteiger partial charge in [0.2, 0.25) is 5.95 Å². The van der Waals surface area contributed by atoms with Crippen molar-refractivity contribution in [3.63, 3.8) is 0 Å². The third kappa shape index (κ3) is 5.31. The Bertz CT molecular complexity index is 874. The predicted octanol–water partition coefficient (Wildman–Crippen LogP) is 1.25. The summed E-state index contributed by atoms with van der Waals surface area (Å²) in [6.07, 6.45) is 0. The van der Waals surface area contributed by atoms with Crippen LogP contribution >= 0.6 is 11.3 Å². The second-order valence-electron chi connectivity index (χ2n) is 4.73. The zero-order valence-electron chi connectivity index (χ0n) is 13.9. The maximum atomic E-state index is 12.4. The van der Waals surface area contributed by atoms with E-state index in [2.05, 4.69) is 20.3 Å². The molecule has 2 amide bonds. The van der Waals surface area contributed by atoms with Gasteiger partial charge in [-0.3, -0.25) is 5.32 Å². The highest BCUT2D eigenvalue weighted by molar-refractivity contribution is 7.92. The minimum Gasteiger partial charge on any atom is -0.467 e. The summed E-state index contributed by atoms with van der Waals surface area (Å²) in [6.45, 7) is 0.639. The normalized spacial score (nSPS) is 11.2. The Labute approximate surface area is 152 Å². The first kappa shape index (κ1) is 19.9. The maximum absolute atomic E-state index is 12.4. The van der Waals surface area contributed by atoms with E-state index >= 15 is 0 Å². The average Bonchev–Trinajstić information content (AvgIpc) is 3.03. The molecule has 0 fully saturated rings. The number of aryl methyl sites for hydroxylation is 1. The van der Waals surface area contributed by atoms with Crippen LogP contribution in [0.25, 0.3) is 0 Å². The number of hydrogen-bond acceptors (Lipinski definition) is 9. The Morgan fingerprint density at radius 2 is 2.12 bits per heavy atom. The summed E-state index contributed by atoms with van der Waals surface area (Å²) in [4.78, 5) is 23.5. The van der Waals surface area contributed by atoms with E-state index < -0.39 is 22.7 Å². The highest BCUT2D eigenvalue weighted by Gasteiger charge is 2.23. The summed E-state index contributed by atoms with van der Waals surface area (Å²) >= 11 is 0.906. The number of nitrogens with one attached hydrogen (secondary N) is 2. The average molecular weight is 405 g/mol. The molecule has 0 spiro atoms. The Balaban J connectivity index is 2.08. The SMILES string of the molecule is COc1nc(C)nc(NC(=O)NS(=O)(=O)c2sccc2COCCF)n1. The molecule has 0 aliphatic rings. The number of carbonyl (C=O) groups excluding carboxylic acids is 1. The number of halogens is 1. The fourth-order valence-corrected chi connectivity index (χ4v) is 4.09. The summed E-state index contributed by atoms with van der Waals surface area (Å²) in [5.41, 5.74) is 0.321. The second kappa shape index (κ2) is 8.82. The number of sulfonamides is 1. The van der Waals surface area contributed by atoms with E-state index in [-0.39, 0.29) is 35.2 Å². The van der Waals surface area contributed by atoms with Gasteiger partial charge in [-0.05, 0) is 18.4 Å². The van der Waals surface area contributed by atoms with Crippen molar-refractivity contribution >= 4 is 33.3 Å². The molecule has 2 aromatic heterocycles. The van der Waals surface area contributed by atoms with Gasteiger partial charge >= 0.3 is 12.0 Å². The van der Waals surface area contributed by atoms with Crippen molar-refractivity contribution in [2.45, 2.75) is 17.7 Å². The molecular weight excluding hydrogens is 389 g/mol. The lowest BCUT2D eigenvalue weighted by molar-refractivity contribution is 0.105. The molecule has 0 atom stereocenters. The first-order chi connectivity index (χ1) is 12.4. The van der Waals surface area contributed by atoms with E-state index in [4.69, 9.17) is 9.47 Å². The van der Waals surface area contributed by atoms with Gasteiger partial charge in [0, 0.05) is 5.56 Å². The quantitative estimate of drug-likeness (QED) is 0.627. The number of methoxy groups -OCH3 is 1. The largest absolute Gasteiger partial charge is 0.467 e. The number of urea groups is 1. The minimum atomic E-state index is -4.15. The van der Waals surface area contributed by atoms with Gasteiger partial charge in [0.25, 0.3) is 10.0 Å². The summed E-state index contributed by atoms with van der Waals surface area (Å²) in [7, 11) is -2.81. The molecule has 2 N–H and O–H groups in total. The van der Waals surface area contributed by atoms with Gasteiger partial charge in [0.1, 0.15) is 16.7 Å². The number of nitrogens with zero attached hydrogens (tertiary/aromatic N) is 3. The number of aromatic nitrogens is 3. The monoisotopic (exact) mass is 405 g/mol. The van der Waals surface area contributed by atoms with E-state index in [9.17, 15) is 17.6 Å². The van der Waals surface area contributed by atoms with Gasteiger partial charge < -0.3 is 9.47 Å². The van der Waals surface area contributed by atoms with E-state index in [1.54, 1.807) is 6.92 Å². The van der Waals surface area contributed by atoms with Gasteiger partial charge in [-0.1, -0.05) is 0 Å². The van der Waals surface area contributed by atoms with Crippen molar-refractivity contribution in [3.8, 4) is 6.01 Å². The molecule has 0 radical (unpaired) electrons. The van der Waals surface area contributed by atoms with Gasteiger partial charge in [-0.25, -0.2) is 22.3 Å². The van der Waals surface area contributed by atoms with Gasteiger partial charge in [0.05, 0.1) is 20.3 Å². The van der Waals surface area contributed by atoms with Crippen molar-refractivity contribution in [3.05, 3.63) is 22.8 Å². The maximum Gasteiger partial charge on any atom is 0.335 e. The van der Waals surface area contributed by atoms with Gasteiger partial charge in [-0.2, -0.15) is 15.0 Å². The number of carbonyl (C=O) groups is 1. The minimum absolute atomic E-state index is 0.0267. The van der Waals surface area contributed by atoms with Crippen LogP contribution in [0.2, 0.25) is 0 Å². The van der Waals surface area contributed by atoms with Crippen LogP contribution in [-0.2, 0) is 21.4 Å². The van der Waals surface area contributed by atoms with E-state index in [0.717, 1.165) is 11.3 Å². The zero-order chi connectivity index (χ0) is 19.2. The molecule has 0 saturated heterocycles. The lowest BCUT2D eigenvalue weighted by Crippen LogP contribution is -2.35. The lowest BCUT2D eigenvalue weighted by atomic mass is 10.4. The van der Waals surface area contributed by atoms with E-state index in [0.29, 0.717) is 5.56 Å². The van der Waals surface area contributed by atoms with Crippen LogP contribution in [0.15, 0.2) is 15.7 Å². The van der Waals surface area contributed by atoms with Crippen molar-refractivity contribution < 1.29 is 27.1 Å². The van der Waals surface area contributed by atoms with Crippen molar-refractivity contribution in [2.24, 2.45) is 0 Å². The number of hydrogen-bond donors (Lipinski definition) is 2. The smallest absolute Gasteiger partial charge is 0.335 e. The van der Waals surface area contributed by atoms with Crippen LogP contribution in [-0.4, -0.2) is 49.8 Å². The topological polar surface area (TPSA) is 132 Å². The molecular formula is C13H16FN5O5S2.